The normalized spacial score (nSPS) is 21.0. The van der Waals surface area contributed by atoms with Crippen LogP contribution in [0.5, 0.6) is 0 Å². The lowest BCUT2D eigenvalue weighted by Gasteiger charge is -2.33. The number of hydrogen-bond acceptors (Lipinski definition) is 2. The van der Waals surface area contributed by atoms with Crippen molar-refractivity contribution in [3.63, 3.8) is 0 Å². The van der Waals surface area contributed by atoms with Crippen molar-refractivity contribution >= 4 is 33.2 Å². The fourth-order valence-electron chi connectivity index (χ4n) is 2.33. The summed E-state index contributed by atoms with van der Waals surface area (Å²) in [6.45, 7) is 1.98. The molecule has 1 aromatic carbocycles. The zero-order chi connectivity index (χ0) is 13.1. The first kappa shape index (κ1) is 14.1. The summed E-state index contributed by atoms with van der Waals surface area (Å²) in [5, 5.41) is 3.74. The zero-order valence-corrected chi connectivity index (χ0v) is 12.7. The summed E-state index contributed by atoms with van der Waals surface area (Å²) in [7, 11) is 2.15. The maximum atomic E-state index is 13.1. The topological polar surface area (TPSA) is 15.3 Å². The molecule has 1 aliphatic rings. The Bertz CT molecular complexity index is 404. The Morgan fingerprint density at radius 1 is 1.50 bits per heavy atom. The first-order valence-electron chi connectivity index (χ1n) is 6.16. The maximum absolute atomic E-state index is 13.1. The SMILES string of the molecule is CN1CCCCC1CNc1c(Cl)cc(F)cc1Br. The van der Waals surface area contributed by atoms with Gasteiger partial charge in [0.15, 0.2) is 0 Å². The van der Waals surface area contributed by atoms with Crippen molar-refractivity contribution in [3.05, 3.63) is 27.4 Å². The van der Waals surface area contributed by atoms with Crippen molar-refractivity contribution < 1.29 is 4.39 Å². The van der Waals surface area contributed by atoms with Crippen molar-refractivity contribution in [3.8, 4) is 0 Å². The molecule has 0 amide bonds. The van der Waals surface area contributed by atoms with Crippen molar-refractivity contribution in [1.29, 1.82) is 0 Å². The Hall–Kier alpha value is -0.320. The van der Waals surface area contributed by atoms with Gasteiger partial charge in [-0.15, -0.1) is 0 Å². The molecule has 0 bridgehead atoms. The summed E-state index contributed by atoms with van der Waals surface area (Å²) in [6.07, 6.45) is 3.74. The molecule has 5 heteroatoms. The molecule has 0 aromatic heterocycles. The number of likely N-dealkylation sites (N-methyl/N-ethyl adjacent to an activating group) is 1. The van der Waals surface area contributed by atoms with Crippen LogP contribution in [0.1, 0.15) is 19.3 Å². The van der Waals surface area contributed by atoms with Crippen molar-refractivity contribution in [2.24, 2.45) is 0 Å². The second-order valence-corrected chi connectivity index (χ2v) is 6.02. The number of likely N-dealkylation sites (tertiary alicyclic amines) is 1. The van der Waals surface area contributed by atoms with Gasteiger partial charge in [0.25, 0.3) is 0 Å². The molecule has 1 aliphatic heterocycles. The molecule has 1 N–H and O–H groups in total. The Morgan fingerprint density at radius 3 is 2.94 bits per heavy atom. The van der Waals surface area contributed by atoms with Gasteiger partial charge >= 0.3 is 0 Å². The number of rotatable bonds is 3. The van der Waals surface area contributed by atoms with Gasteiger partial charge in [0, 0.05) is 17.1 Å². The van der Waals surface area contributed by atoms with Crippen LogP contribution in [0.2, 0.25) is 5.02 Å². The Kier molecular flexibility index (Phi) is 4.87. The van der Waals surface area contributed by atoms with Gasteiger partial charge < -0.3 is 10.2 Å². The number of anilines is 1. The largest absolute Gasteiger partial charge is 0.381 e. The molecule has 1 heterocycles. The summed E-state index contributed by atoms with van der Waals surface area (Å²) in [4.78, 5) is 2.36. The third-order valence-electron chi connectivity index (χ3n) is 3.44. The molecule has 100 valence electrons. The van der Waals surface area contributed by atoms with E-state index in [0.717, 1.165) is 18.8 Å². The molecule has 0 saturated carbocycles. The minimum Gasteiger partial charge on any atom is -0.381 e. The number of halogens is 3. The average Bonchev–Trinajstić information content (AvgIpc) is 2.30. The lowest BCUT2D eigenvalue weighted by Crippen LogP contribution is -2.40. The van der Waals surface area contributed by atoms with Crippen LogP contribution < -0.4 is 5.32 Å². The minimum absolute atomic E-state index is 0.327. The van der Waals surface area contributed by atoms with Gasteiger partial charge in [-0.2, -0.15) is 0 Å². The van der Waals surface area contributed by atoms with E-state index >= 15 is 0 Å². The van der Waals surface area contributed by atoms with E-state index in [2.05, 4.69) is 33.2 Å². The minimum atomic E-state index is -0.327. The molecule has 0 aliphatic carbocycles. The highest BCUT2D eigenvalue weighted by molar-refractivity contribution is 9.10. The van der Waals surface area contributed by atoms with E-state index in [1.165, 1.54) is 31.4 Å². The standard InChI is InChI=1S/C13H17BrClFN2/c1-18-5-3-2-4-10(18)8-17-13-11(14)6-9(16)7-12(13)15/h6-7,10,17H,2-5,8H2,1H3. The number of hydrogen-bond donors (Lipinski definition) is 1. The summed E-state index contributed by atoms with van der Waals surface area (Å²) >= 11 is 9.38. The third kappa shape index (κ3) is 3.37. The predicted octanol–water partition coefficient (Wildman–Crippen LogP) is 4.14. The predicted molar refractivity (Wildman–Crippen MR) is 77.9 cm³/mol. The van der Waals surface area contributed by atoms with Crippen LogP contribution in [0.4, 0.5) is 10.1 Å². The molecule has 2 rings (SSSR count). The van der Waals surface area contributed by atoms with Gasteiger partial charge in [0.1, 0.15) is 5.82 Å². The fraction of sp³-hybridized carbons (Fsp3) is 0.538. The molecular formula is C13H17BrClFN2. The zero-order valence-electron chi connectivity index (χ0n) is 10.3. The van der Waals surface area contributed by atoms with Gasteiger partial charge in [-0.3, -0.25) is 0 Å². The molecule has 2 nitrogen and oxygen atoms in total. The van der Waals surface area contributed by atoms with Gasteiger partial charge in [-0.1, -0.05) is 18.0 Å². The highest BCUT2D eigenvalue weighted by Gasteiger charge is 2.19. The van der Waals surface area contributed by atoms with Gasteiger partial charge in [0.05, 0.1) is 10.7 Å². The molecular weight excluding hydrogens is 319 g/mol. The highest BCUT2D eigenvalue weighted by atomic mass is 79.9. The molecule has 1 saturated heterocycles. The van der Waals surface area contributed by atoms with Crippen molar-refractivity contribution in [2.75, 3.05) is 25.5 Å². The average molecular weight is 336 g/mol. The smallest absolute Gasteiger partial charge is 0.125 e. The second-order valence-electron chi connectivity index (χ2n) is 4.76. The van der Waals surface area contributed by atoms with E-state index < -0.39 is 0 Å². The summed E-state index contributed by atoms with van der Waals surface area (Å²) < 4.78 is 13.8. The van der Waals surface area contributed by atoms with Crippen LogP contribution in [-0.4, -0.2) is 31.1 Å². The molecule has 1 fully saturated rings. The van der Waals surface area contributed by atoms with E-state index in [1.807, 2.05) is 0 Å². The maximum Gasteiger partial charge on any atom is 0.125 e. The fourth-order valence-corrected chi connectivity index (χ4v) is 3.29. The molecule has 0 radical (unpaired) electrons. The summed E-state index contributed by atoms with van der Waals surface area (Å²) in [6, 6.07) is 3.28. The number of benzene rings is 1. The lowest BCUT2D eigenvalue weighted by atomic mass is 10.0. The van der Waals surface area contributed by atoms with E-state index in [9.17, 15) is 4.39 Å². The van der Waals surface area contributed by atoms with Crippen LogP contribution in [0, 0.1) is 5.82 Å². The number of nitrogens with zero attached hydrogens (tertiary/aromatic N) is 1. The van der Waals surface area contributed by atoms with Crippen molar-refractivity contribution in [2.45, 2.75) is 25.3 Å². The van der Waals surface area contributed by atoms with Crippen LogP contribution in [-0.2, 0) is 0 Å². The van der Waals surface area contributed by atoms with Gasteiger partial charge in [0.2, 0.25) is 0 Å². The molecule has 0 spiro atoms. The van der Waals surface area contributed by atoms with E-state index in [-0.39, 0.29) is 5.82 Å². The molecule has 1 unspecified atom stereocenters. The van der Waals surface area contributed by atoms with Crippen LogP contribution >= 0.6 is 27.5 Å². The van der Waals surface area contributed by atoms with Crippen LogP contribution in [0.15, 0.2) is 16.6 Å². The summed E-state index contributed by atoms with van der Waals surface area (Å²) in [5.41, 5.74) is 0.775. The highest BCUT2D eigenvalue weighted by Crippen LogP contribution is 2.32. The monoisotopic (exact) mass is 334 g/mol. The number of nitrogens with one attached hydrogen (secondary N) is 1. The van der Waals surface area contributed by atoms with E-state index in [4.69, 9.17) is 11.6 Å². The lowest BCUT2D eigenvalue weighted by molar-refractivity contribution is 0.194. The molecule has 1 atom stereocenters. The Morgan fingerprint density at radius 2 is 2.28 bits per heavy atom. The first-order chi connectivity index (χ1) is 8.58. The third-order valence-corrected chi connectivity index (χ3v) is 4.37. The Labute approximate surface area is 121 Å². The van der Waals surface area contributed by atoms with E-state index in [0.29, 0.717) is 15.5 Å². The molecule has 18 heavy (non-hydrogen) atoms. The Balaban J connectivity index is 2.01. The summed E-state index contributed by atoms with van der Waals surface area (Å²) in [5.74, 6) is -0.327. The van der Waals surface area contributed by atoms with Crippen LogP contribution in [0.25, 0.3) is 0 Å². The molecule has 1 aromatic rings. The first-order valence-corrected chi connectivity index (χ1v) is 7.33. The quantitative estimate of drug-likeness (QED) is 0.893. The number of piperidine rings is 1. The van der Waals surface area contributed by atoms with Gasteiger partial charge in [-0.05, 0) is 54.5 Å². The van der Waals surface area contributed by atoms with Gasteiger partial charge in [-0.25, -0.2) is 4.39 Å². The second kappa shape index (κ2) is 6.22. The van der Waals surface area contributed by atoms with Crippen LogP contribution in [0.3, 0.4) is 0 Å². The van der Waals surface area contributed by atoms with E-state index in [1.54, 1.807) is 0 Å². The van der Waals surface area contributed by atoms with Crippen molar-refractivity contribution in [1.82, 2.24) is 4.90 Å².